The van der Waals surface area contributed by atoms with Crippen LogP contribution in [0, 0.1) is 0 Å². The summed E-state index contributed by atoms with van der Waals surface area (Å²) >= 11 is 5.98. The lowest BCUT2D eigenvalue weighted by molar-refractivity contribution is 0.989. The molecule has 0 radical (unpaired) electrons. The molecule has 3 aromatic rings. The molecule has 1 N–H and O–H groups in total. The van der Waals surface area contributed by atoms with Gasteiger partial charge in [-0.1, -0.05) is 29.8 Å². The van der Waals surface area contributed by atoms with Crippen LogP contribution < -0.4 is 5.43 Å². The second-order valence-corrected chi connectivity index (χ2v) is 4.16. The first-order valence-corrected chi connectivity index (χ1v) is 5.65. The highest BCUT2D eigenvalue weighted by Gasteiger charge is 2.02. The van der Waals surface area contributed by atoms with E-state index in [1.807, 2.05) is 53.2 Å². The third kappa shape index (κ3) is 1.97. The van der Waals surface area contributed by atoms with Crippen LogP contribution in [0.15, 0.2) is 54.9 Å². The first-order chi connectivity index (χ1) is 8.33. The highest BCUT2D eigenvalue weighted by atomic mass is 35.5. The standard InChI is InChI=1S/C13H10ClN3/c14-10-6-7-12-13(8-10)17(9-15-12)16-11-4-2-1-3-5-11/h1-9,16H. The zero-order valence-corrected chi connectivity index (χ0v) is 9.72. The van der Waals surface area contributed by atoms with Crippen molar-refractivity contribution in [2.75, 3.05) is 5.43 Å². The van der Waals surface area contributed by atoms with Gasteiger partial charge in [-0.3, -0.25) is 5.43 Å². The van der Waals surface area contributed by atoms with Crippen molar-refractivity contribution in [3.8, 4) is 0 Å². The molecule has 84 valence electrons. The minimum Gasteiger partial charge on any atom is -0.293 e. The van der Waals surface area contributed by atoms with E-state index in [0.717, 1.165) is 16.7 Å². The van der Waals surface area contributed by atoms with Gasteiger partial charge in [-0.2, -0.15) is 0 Å². The molecule has 4 heteroatoms. The minimum absolute atomic E-state index is 0.703. The van der Waals surface area contributed by atoms with Crippen molar-refractivity contribution in [2.45, 2.75) is 0 Å². The third-order valence-corrected chi connectivity index (χ3v) is 2.77. The smallest absolute Gasteiger partial charge is 0.116 e. The fourth-order valence-electron chi connectivity index (χ4n) is 1.72. The molecule has 0 saturated carbocycles. The zero-order valence-electron chi connectivity index (χ0n) is 8.97. The highest BCUT2D eigenvalue weighted by Crippen LogP contribution is 2.18. The second-order valence-electron chi connectivity index (χ2n) is 3.73. The van der Waals surface area contributed by atoms with Crippen molar-refractivity contribution in [2.24, 2.45) is 0 Å². The topological polar surface area (TPSA) is 29.9 Å². The van der Waals surface area contributed by atoms with E-state index in [9.17, 15) is 0 Å². The Balaban J connectivity index is 2.03. The fourth-order valence-corrected chi connectivity index (χ4v) is 1.89. The number of hydrogen-bond acceptors (Lipinski definition) is 2. The van der Waals surface area contributed by atoms with Gasteiger partial charge in [0.25, 0.3) is 0 Å². The van der Waals surface area contributed by atoms with Gasteiger partial charge in [-0.05, 0) is 30.3 Å². The van der Waals surface area contributed by atoms with Crippen molar-refractivity contribution in [3.05, 3.63) is 59.9 Å². The van der Waals surface area contributed by atoms with Crippen LogP contribution in [-0.2, 0) is 0 Å². The summed E-state index contributed by atoms with van der Waals surface area (Å²) in [5, 5.41) is 0.703. The number of para-hydroxylation sites is 1. The molecule has 3 nitrogen and oxygen atoms in total. The average Bonchev–Trinajstić information content (AvgIpc) is 2.73. The molecule has 0 bridgehead atoms. The summed E-state index contributed by atoms with van der Waals surface area (Å²) in [5.74, 6) is 0. The summed E-state index contributed by atoms with van der Waals surface area (Å²) in [6.07, 6.45) is 1.74. The van der Waals surface area contributed by atoms with Crippen LogP contribution in [0.4, 0.5) is 5.69 Å². The van der Waals surface area contributed by atoms with E-state index in [-0.39, 0.29) is 0 Å². The number of imidazole rings is 1. The van der Waals surface area contributed by atoms with E-state index in [0.29, 0.717) is 5.02 Å². The summed E-state index contributed by atoms with van der Waals surface area (Å²) in [5.41, 5.74) is 6.13. The fraction of sp³-hybridized carbons (Fsp3) is 0. The van der Waals surface area contributed by atoms with Crippen molar-refractivity contribution < 1.29 is 0 Å². The second kappa shape index (κ2) is 4.11. The van der Waals surface area contributed by atoms with Gasteiger partial charge < -0.3 is 0 Å². The Morgan fingerprint density at radius 3 is 2.71 bits per heavy atom. The van der Waals surface area contributed by atoms with Crippen LogP contribution in [-0.4, -0.2) is 9.66 Å². The first kappa shape index (κ1) is 10.2. The molecule has 0 unspecified atom stereocenters. The minimum atomic E-state index is 0.703. The van der Waals surface area contributed by atoms with E-state index in [1.54, 1.807) is 6.33 Å². The van der Waals surface area contributed by atoms with Gasteiger partial charge >= 0.3 is 0 Å². The van der Waals surface area contributed by atoms with Gasteiger partial charge in [0.05, 0.1) is 16.7 Å². The van der Waals surface area contributed by atoms with E-state index in [4.69, 9.17) is 11.6 Å². The lowest BCUT2D eigenvalue weighted by atomic mass is 10.3. The van der Waals surface area contributed by atoms with Crippen LogP contribution in [0.5, 0.6) is 0 Å². The maximum Gasteiger partial charge on any atom is 0.116 e. The molecule has 0 aliphatic heterocycles. The maximum atomic E-state index is 5.98. The molecule has 1 heterocycles. The predicted molar refractivity (Wildman–Crippen MR) is 70.2 cm³/mol. The van der Waals surface area contributed by atoms with Crippen LogP contribution in [0.25, 0.3) is 11.0 Å². The summed E-state index contributed by atoms with van der Waals surface area (Å²) in [6.45, 7) is 0. The number of nitrogens with zero attached hydrogens (tertiary/aromatic N) is 2. The monoisotopic (exact) mass is 243 g/mol. The molecule has 0 aliphatic carbocycles. The molecule has 0 spiro atoms. The van der Waals surface area contributed by atoms with E-state index in [1.165, 1.54) is 0 Å². The number of halogens is 1. The van der Waals surface area contributed by atoms with Gasteiger partial charge in [-0.15, -0.1) is 0 Å². The first-order valence-electron chi connectivity index (χ1n) is 5.27. The van der Waals surface area contributed by atoms with E-state index >= 15 is 0 Å². The Bertz CT molecular complexity index is 646. The van der Waals surface area contributed by atoms with E-state index in [2.05, 4.69) is 10.4 Å². The molecule has 0 aliphatic rings. The largest absolute Gasteiger partial charge is 0.293 e. The van der Waals surface area contributed by atoms with Crippen molar-refractivity contribution in [1.29, 1.82) is 0 Å². The average molecular weight is 244 g/mol. The van der Waals surface area contributed by atoms with Gasteiger partial charge in [0.1, 0.15) is 6.33 Å². The Kier molecular flexibility index (Phi) is 2.46. The number of aromatic nitrogens is 2. The van der Waals surface area contributed by atoms with Crippen LogP contribution in [0.3, 0.4) is 0 Å². The maximum absolute atomic E-state index is 5.98. The molecule has 0 atom stereocenters. The number of rotatable bonds is 2. The molecule has 0 amide bonds. The van der Waals surface area contributed by atoms with Crippen LogP contribution in [0.1, 0.15) is 0 Å². The van der Waals surface area contributed by atoms with Crippen LogP contribution in [0.2, 0.25) is 5.02 Å². The Labute approximate surface area is 104 Å². The summed E-state index contributed by atoms with van der Waals surface area (Å²) in [7, 11) is 0. The number of hydrogen-bond donors (Lipinski definition) is 1. The Morgan fingerprint density at radius 1 is 1.06 bits per heavy atom. The van der Waals surface area contributed by atoms with Gasteiger partial charge in [0.2, 0.25) is 0 Å². The lowest BCUT2D eigenvalue weighted by Gasteiger charge is -2.07. The van der Waals surface area contributed by atoms with Crippen molar-refractivity contribution in [1.82, 2.24) is 9.66 Å². The molecule has 2 aromatic carbocycles. The SMILES string of the molecule is Clc1ccc2ncn(Nc3ccccc3)c2c1. The summed E-state index contributed by atoms with van der Waals surface area (Å²) in [6, 6.07) is 15.6. The number of anilines is 1. The van der Waals surface area contributed by atoms with Crippen molar-refractivity contribution in [3.63, 3.8) is 0 Å². The molecular formula is C13H10ClN3. The Hall–Kier alpha value is -2.00. The Morgan fingerprint density at radius 2 is 1.88 bits per heavy atom. The summed E-state index contributed by atoms with van der Waals surface area (Å²) in [4.78, 5) is 4.30. The summed E-state index contributed by atoms with van der Waals surface area (Å²) < 4.78 is 1.86. The van der Waals surface area contributed by atoms with E-state index < -0.39 is 0 Å². The van der Waals surface area contributed by atoms with Gasteiger partial charge in [0.15, 0.2) is 0 Å². The molecule has 0 saturated heterocycles. The molecule has 17 heavy (non-hydrogen) atoms. The van der Waals surface area contributed by atoms with Gasteiger partial charge in [-0.25, -0.2) is 9.66 Å². The number of nitrogens with one attached hydrogen (secondary N) is 1. The number of fused-ring (bicyclic) bond motifs is 1. The molecule has 3 rings (SSSR count). The highest BCUT2D eigenvalue weighted by molar-refractivity contribution is 6.31. The molecule has 0 fully saturated rings. The lowest BCUT2D eigenvalue weighted by Crippen LogP contribution is -2.06. The predicted octanol–water partition coefficient (Wildman–Crippen LogP) is 3.56. The van der Waals surface area contributed by atoms with Crippen LogP contribution >= 0.6 is 11.6 Å². The normalized spacial score (nSPS) is 10.6. The zero-order chi connectivity index (χ0) is 11.7. The third-order valence-electron chi connectivity index (χ3n) is 2.53. The quantitative estimate of drug-likeness (QED) is 0.746. The molecular weight excluding hydrogens is 234 g/mol. The number of benzene rings is 2. The van der Waals surface area contributed by atoms with Gasteiger partial charge in [0, 0.05) is 5.02 Å². The van der Waals surface area contributed by atoms with Crippen molar-refractivity contribution >= 4 is 28.3 Å². The molecule has 1 aromatic heterocycles.